The van der Waals surface area contributed by atoms with E-state index in [9.17, 15) is 5.26 Å². The van der Waals surface area contributed by atoms with Gasteiger partial charge in [0.05, 0.1) is 6.07 Å². The highest BCUT2D eigenvalue weighted by atomic mass is 15.3. The Hall–Kier alpha value is -0.630. The summed E-state index contributed by atoms with van der Waals surface area (Å²) in [4.78, 5) is 4.96. The summed E-state index contributed by atoms with van der Waals surface area (Å²) in [6.45, 7) is 13.2. The van der Waals surface area contributed by atoms with Crippen LogP contribution in [0.5, 0.6) is 0 Å². The van der Waals surface area contributed by atoms with Crippen molar-refractivity contribution in [1.29, 1.82) is 5.26 Å². The minimum absolute atomic E-state index is 0.343. The molecule has 20 heavy (non-hydrogen) atoms. The molecule has 0 aromatic heterocycles. The van der Waals surface area contributed by atoms with Gasteiger partial charge in [-0.05, 0) is 53.6 Å². The Morgan fingerprint density at radius 3 is 2.60 bits per heavy atom. The first-order chi connectivity index (χ1) is 9.42. The predicted octanol–water partition coefficient (Wildman–Crippen LogP) is 2.07. The van der Waals surface area contributed by atoms with Crippen LogP contribution in [0, 0.1) is 11.3 Å². The molecule has 0 spiro atoms. The molecule has 1 saturated heterocycles. The highest BCUT2D eigenvalue weighted by molar-refractivity contribution is 5.07. The number of hydrogen-bond donors (Lipinski definition) is 1. The van der Waals surface area contributed by atoms with E-state index in [1.165, 1.54) is 0 Å². The third kappa shape index (κ3) is 5.05. The zero-order chi connectivity index (χ0) is 15.2. The Bertz CT molecular complexity index is 323. The quantitative estimate of drug-likeness (QED) is 0.775. The second-order valence-electron chi connectivity index (χ2n) is 6.60. The largest absolute Gasteiger partial charge is 0.304 e. The van der Waals surface area contributed by atoms with E-state index < -0.39 is 0 Å². The zero-order valence-electron chi connectivity index (χ0n) is 13.9. The SMILES string of the molecule is CCC(C#N)(CCCN1CCN(C)CC1C)NC(C)C. The van der Waals surface area contributed by atoms with E-state index in [1.54, 1.807) is 0 Å². The minimum atomic E-state index is -0.343. The van der Waals surface area contributed by atoms with Gasteiger partial charge in [0.2, 0.25) is 0 Å². The third-order valence-electron chi connectivity index (χ3n) is 4.40. The standard InChI is InChI=1S/C16H32N4/c1-6-16(13-17,18-14(2)3)8-7-9-20-11-10-19(5)12-15(20)4/h14-15,18H,6-12H2,1-5H3. The van der Waals surface area contributed by atoms with Gasteiger partial charge in [-0.1, -0.05) is 6.92 Å². The van der Waals surface area contributed by atoms with E-state index in [1.807, 2.05) is 0 Å². The highest BCUT2D eigenvalue weighted by Gasteiger charge is 2.29. The van der Waals surface area contributed by atoms with Crippen molar-refractivity contribution in [3.8, 4) is 6.07 Å². The lowest BCUT2D eigenvalue weighted by atomic mass is 9.91. The fraction of sp³-hybridized carbons (Fsp3) is 0.938. The van der Waals surface area contributed by atoms with E-state index in [-0.39, 0.29) is 5.54 Å². The van der Waals surface area contributed by atoms with Crippen molar-refractivity contribution in [2.75, 3.05) is 33.2 Å². The molecule has 2 unspecified atom stereocenters. The minimum Gasteiger partial charge on any atom is -0.304 e. The molecule has 2 atom stereocenters. The second kappa shape index (κ2) is 7.97. The van der Waals surface area contributed by atoms with Crippen molar-refractivity contribution < 1.29 is 0 Å². The van der Waals surface area contributed by atoms with Crippen LogP contribution in [0.25, 0.3) is 0 Å². The molecule has 1 N–H and O–H groups in total. The molecule has 0 bridgehead atoms. The van der Waals surface area contributed by atoms with Crippen molar-refractivity contribution in [2.45, 2.75) is 64.6 Å². The van der Waals surface area contributed by atoms with E-state index in [0.29, 0.717) is 12.1 Å². The molecule has 0 aromatic carbocycles. The molecular weight excluding hydrogens is 248 g/mol. The van der Waals surface area contributed by atoms with E-state index >= 15 is 0 Å². The molecule has 1 fully saturated rings. The molecule has 116 valence electrons. The molecule has 4 heteroatoms. The van der Waals surface area contributed by atoms with E-state index in [4.69, 9.17) is 0 Å². The normalized spacial score (nSPS) is 24.6. The number of piperazine rings is 1. The maximum atomic E-state index is 9.52. The lowest BCUT2D eigenvalue weighted by molar-refractivity contribution is 0.0964. The van der Waals surface area contributed by atoms with Gasteiger partial charge in [0.1, 0.15) is 5.54 Å². The van der Waals surface area contributed by atoms with Gasteiger partial charge in [-0.15, -0.1) is 0 Å². The number of nitriles is 1. The first-order valence-corrected chi connectivity index (χ1v) is 8.04. The van der Waals surface area contributed by atoms with Crippen molar-refractivity contribution in [3.05, 3.63) is 0 Å². The fourth-order valence-electron chi connectivity index (χ4n) is 3.16. The summed E-state index contributed by atoms with van der Waals surface area (Å²) < 4.78 is 0. The van der Waals surface area contributed by atoms with Crippen LogP contribution >= 0.6 is 0 Å². The van der Waals surface area contributed by atoms with Crippen LogP contribution in [0.1, 0.15) is 47.0 Å². The van der Waals surface area contributed by atoms with Crippen LogP contribution in [0.3, 0.4) is 0 Å². The van der Waals surface area contributed by atoms with Crippen LogP contribution < -0.4 is 5.32 Å². The van der Waals surface area contributed by atoms with Gasteiger partial charge in [0, 0.05) is 31.7 Å². The molecule has 1 aliphatic rings. The monoisotopic (exact) mass is 280 g/mol. The third-order valence-corrected chi connectivity index (χ3v) is 4.40. The number of hydrogen-bond acceptors (Lipinski definition) is 4. The van der Waals surface area contributed by atoms with Crippen molar-refractivity contribution in [2.24, 2.45) is 0 Å². The maximum absolute atomic E-state index is 9.52. The van der Waals surface area contributed by atoms with Crippen LogP contribution in [0.15, 0.2) is 0 Å². The van der Waals surface area contributed by atoms with Gasteiger partial charge >= 0.3 is 0 Å². The number of rotatable bonds is 7. The lowest BCUT2D eigenvalue weighted by Crippen LogP contribution is -2.51. The van der Waals surface area contributed by atoms with Gasteiger partial charge in [0.25, 0.3) is 0 Å². The van der Waals surface area contributed by atoms with Gasteiger partial charge in [0.15, 0.2) is 0 Å². The van der Waals surface area contributed by atoms with Crippen molar-refractivity contribution in [3.63, 3.8) is 0 Å². The smallest absolute Gasteiger partial charge is 0.106 e. The summed E-state index contributed by atoms with van der Waals surface area (Å²) in [5, 5.41) is 13.0. The summed E-state index contributed by atoms with van der Waals surface area (Å²) in [6, 6.07) is 3.50. The summed E-state index contributed by atoms with van der Waals surface area (Å²) in [7, 11) is 2.19. The molecule has 0 amide bonds. The Kier molecular flexibility index (Phi) is 6.94. The summed E-state index contributed by atoms with van der Waals surface area (Å²) in [6.07, 6.45) is 2.91. The second-order valence-corrected chi connectivity index (χ2v) is 6.60. The van der Waals surface area contributed by atoms with Gasteiger partial charge < -0.3 is 4.90 Å². The number of likely N-dealkylation sites (N-methyl/N-ethyl adjacent to an activating group) is 1. The first-order valence-electron chi connectivity index (χ1n) is 8.04. The van der Waals surface area contributed by atoms with Gasteiger partial charge in [-0.2, -0.15) is 5.26 Å². The molecule has 0 aliphatic carbocycles. The van der Waals surface area contributed by atoms with Crippen molar-refractivity contribution in [1.82, 2.24) is 15.1 Å². The maximum Gasteiger partial charge on any atom is 0.106 e. The Balaban J connectivity index is 2.43. The molecule has 1 aliphatic heterocycles. The van der Waals surface area contributed by atoms with Crippen molar-refractivity contribution >= 4 is 0 Å². The summed E-state index contributed by atoms with van der Waals surface area (Å²) in [5.41, 5.74) is -0.343. The Morgan fingerprint density at radius 1 is 1.40 bits per heavy atom. The average Bonchev–Trinajstić information content (AvgIpc) is 2.39. The number of nitrogens with zero attached hydrogens (tertiary/aromatic N) is 3. The molecule has 0 saturated carbocycles. The van der Waals surface area contributed by atoms with E-state index in [0.717, 1.165) is 45.4 Å². The lowest BCUT2D eigenvalue weighted by Gasteiger charge is -2.39. The predicted molar refractivity (Wildman–Crippen MR) is 84.7 cm³/mol. The van der Waals surface area contributed by atoms with Crippen LogP contribution in [-0.2, 0) is 0 Å². The topological polar surface area (TPSA) is 42.3 Å². The molecule has 0 aromatic rings. The Labute approximate surface area is 125 Å². The highest BCUT2D eigenvalue weighted by Crippen LogP contribution is 2.19. The molecule has 4 nitrogen and oxygen atoms in total. The zero-order valence-corrected chi connectivity index (χ0v) is 13.9. The molecule has 1 heterocycles. The Morgan fingerprint density at radius 2 is 2.10 bits per heavy atom. The van der Waals surface area contributed by atoms with Crippen LogP contribution in [-0.4, -0.2) is 60.6 Å². The first kappa shape index (κ1) is 17.4. The summed E-state index contributed by atoms with van der Waals surface area (Å²) >= 11 is 0. The van der Waals surface area contributed by atoms with Gasteiger partial charge in [-0.3, -0.25) is 10.2 Å². The van der Waals surface area contributed by atoms with Gasteiger partial charge in [-0.25, -0.2) is 0 Å². The number of nitrogens with one attached hydrogen (secondary N) is 1. The average molecular weight is 280 g/mol. The summed E-state index contributed by atoms with van der Waals surface area (Å²) in [5.74, 6) is 0. The molecule has 1 rings (SSSR count). The molecular formula is C16H32N4. The fourth-order valence-corrected chi connectivity index (χ4v) is 3.16. The molecule has 0 radical (unpaired) electrons. The van der Waals surface area contributed by atoms with Crippen LogP contribution in [0.4, 0.5) is 0 Å². The van der Waals surface area contributed by atoms with E-state index in [2.05, 4.69) is 55.9 Å². The van der Waals surface area contributed by atoms with Crippen LogP contribution in [0.2, 0.25) is 0 Å².